The Morgan fingerprint density at radius 1 is 1.24 bits per heavy atom. The van der Waals surface area contributed by atoms with Gasteiger partial charge in [0.2, 0.25) is 5.91 Å². The van der Waals surface area contributed by atoms with Crippen LogP contribution in [0.15, 0.2) is 28.7 Å². The Balaban J connectivity index is 1.85. The Morgan fingerprint density at radius 3 is 2.35 bits per heavy atom. The molecular formula is C12H13BrN2O2. The lowest BCUT2D eigenvalue weighted by molar-refractivity contribution is -0.123. The lowest BCUT2D eigenvalue weighted by atomic mass is 10.2. The molecule has 90 valence electrons. The summed E-state index contributed by atoms with van der Waals surface area (Å²) in [5, 5.41) is 0. The van der Waals surface area contributed by atoms with Crippen molar-refractivity contribution in [3.05, 3.63) is 34.3 Å². The average molecular weight is 297 g/mol. The Hall–Kier alpha value is -1.36. The third-order valence-electron chi connectivity index (χ3n) is 2.85. The van der Waals surface area contributed by atoms with Crippen LogP contribution in [0.25, 0.3) is 0 Å². The molecule has 0 unspecified atom stereocenters. The number of hydrogen-bond donors (Lipinski definition) is 2. The van der Waals surface area contributed by atoms with E-state index in [1.807, 2.05) is 6.92 Å². The first-order valence-corrected chi connectivity index (χ1v) is 6.23. The predicted octanol–water partition coefficient (Wildman–Crippen LogP) is 1.87. The summed E-state index contributed by atoms with van der Waals surface area (Å²) in [7, 11) is 0. The fourth-order valence-corrected chi connectivity index (χ4v) is 1.84. The molecule has 1 aromatic carbocycles. The number of carbonyl (C=O) groups is 2. The van der Waals surface area contributed by atoms with E-state index in [1.54, 1.807) is 24.3 Å². The summed E-state index contributed by atoms with van der Waals surface area (Å²) in [5.74, 6) is 0.0712. The average Bonchev–Trinajstić information content (AvgIpc) is 3.04. The molecule has 0 aromatic heterocycles. The second-order valence-electron chi connectivity index (χ2n) is 4.27. The first kappa shape index (κ1) is 12.1. The molecule has 0 aliphatic heterocycles. The number of rotatable bonds is 2. The molecule has 0 saturated heterocycles. The van der Waals surface area contributed by atoms with E-state index in [2.05, 4.69) is 26.8 Å². The SMILES string of the molecule is C[C@H]1C[C@H]1C(=O)NNC(=O)c1ccc(Br)cc1. The molecule has 0 heterocycles. The Bertz CT molecular complexity index is 444. The van der Waals surface area contributed by atoms with Crippen molar-refractivity contribution >= 4 is 27.7 Å². The van der Waals surface area contributed by atoms with Crippen LogP contribution >= 0.6 is 15.9 Å². The molecule has 1 saturated carbocycles. The van der Waals surface area contributed by atoms with E-state index < -0.39 is 0 Å². The summed E-state index contributed by atoms with van der Waals surface area (Å²) in [5.41, 5.74) is 5.36. The van der Waals surface area contributed by atoms with Gasteiger partial charge in [-0.1, -0.05) is 22.9 Å². The van der Waals surface area contributed by atoms with Crippen molar-refractivity contribution in [3.8, 4) is 0 Å². The van der Waals surface area contributed by atoms with Gasteiger partial charge in [-0.05, 0) is 36.6 Å². The van der Waals surface area contributed by atoms with E-state index >= 15 is 0 Å². The molecule has 0 spiro atoms. The van der Waals surface area contributed by atoms with Crippen LogP contribution in [-0.4, -0.2) is 11.8 Å². The molecule has 5 heteroatoms. The van der Waals surface area contributed by atoms with Gasteiger partial charge < -0.3 is 0 Å². The van der Waals surface area contributed by atoms with E-state index in [-0.39, 0.29) is 17.7 Å². The van der Waals surface area contributed by atoms with Gasteiger partial charge in [0.1, 0.15) is 0 Å². The molecule has 1 aromatic rings. The minimum atomic E-state index is -0.306. The topological polar surface area (TPSA) is 58.2 Å². The van der Waals surface area contributed by atoms with Gasteiger partial charge in [-0.15, -0.1) is 0 Å². The maximum atomic E-state index is 11.6. The molecule has 0 radical (unpaired) electrons. The van der Waals surface area contributed by atoms with Crippen molar-refractivity contribution in [2.75, 3.05) is 0 Å². The third kappa shape index (κ3) is 3.06. The normalized spacial score (nSPS) is 21.8. The third-order valence-corrected chi connectivity index (χ3v) is 3.38. The summed E-state index contributed by atoms with van der Waals surface area (Å²) in [6.45, 7) is 2.01. The summed E-state index contributed by atoms with van der Waals surface area (Å²) in [6.07, 6.45) is 0.903. The number of hydrazine groups is 1. The zero-order valence-corrected chi connectivity index (χ0v) is 11.0. The van der Waals surface area contributed by atoms with Gasteiger partial charge in [-0.3, -0.25) is 20.4 Å². The highest BCUT2D eigenvalue weighted by molar-refractivity contribution is 9.10. The number of halogens is 1. The van der Waals surface area contributed by atoms with Crippen molar-refractivity contribution in [2.45, 2.75) is 13.3 Å². The minimum Gasteiger partial charge on any atom is -0.273 e. The molecule has 17 heavy (non-hydrogen) atoms. The van der Waals surface area contributed by atoms with Crippen molar-refractivity contribution in [1.82, 2.24) is 10.9 Å². The standard InChI is InChI=1S/C12H13BrN2O2/c1-7-6-10(7)12(17)15-14-11(16)8-2-4-9(13)5-3-8/h2-5,7,10H,6H2,1H3,(H,14,16)(H,15,17)/t7-,10+/m0/s1. The molecule has 2 N–H and O–H groups in total. The zero-order chi connectivity index (χ0) is 12.4. The Kier molecular flexibility index (Phi) is 3.47. The van der Waals surface area contributed by atoms with Crippen LogP contribution in [0.2, 0.25) is 0 Å². The van der Waals surface area contributed by atoms with Crippen LogP contribution < -0.4 is 10.9 Å². The quantitative estimate of drug-likeness (QED) is 0.819. The van der Waals surface area contributed by atoms with Crippen LogP contribution in [0.3, 0.4) is 0 Å². The number of nitrogens with one attached hydrogen (secondary N) is 2. The highest BCUT2D eigenvalue weighted by atomic mass is 79.9. The van der Waals surface area contributed by atoms with E-state index in [4.69, 9.17) is 0 Å². The lowest BCUT2D eigenvalue weighted by Crippen LogP contribution is -2.42. The van der Waals surface area contributed by atoms with E-state index in [0.717, 1.165) is 10.9 Å². The second-order valence-corrected chi connectivity index (χ2v) is 5.19. The molecule has 0 bridgehead atoms. The maximum Gasteiger partial charge on any atom is 0.269 e. The second kappa shape index (κ2) is 4.87. The minimum absolute atomic E-state index is 0.0558. The predicted molar refractivity (Wildman–Crippen MR) is 67.0 cm³/mol. The van der Waals surface area contributed by atoms with Gasteiger partial charge in [-0.25, -0.2) is 0 Å². The molecule has 2 atom stereocenters. The monoisotopic (exact) mass is 296 g/mol. The van der Waals surface area contributed by atoms with Crippen LogP contribution in [0.4, 0.5) is 0 Å². The summed E-state index contributed by atoms with van der Waals surface area (Å²) < 4.78 is 0.907. The first-order chi connectivity index (χ1) is 8.08. The van der Waals surface area contributed by atoms with E-state index in [1.165, 1.54) is 0 Å². The highest BCUT2D eigenvalue weighted by Crippen LogP contribution is 2.37. The van der Waals surface area contributed by atoms with Gasteiger partial charge in [0.25, 0.3) is 5.91 Å². The zero-order valence-electron chi connectivity index (χ0n) is 9.37. The summed E-state index contributed by atoms with van der Waals surface area (Å²) in [6, 6.07) is 6.93. The molecule has 4 nitrogen and oxygen atoms in total. The maximum absolute atomic E-state index is 11.6. The summed E-state index contributed by atoms with van der Waals surface area (Å²) >= 11 is 3.29. The number of benzene rings is 1. The number of carbonyl (C=O) groups excluding carboxylic acids is 2. The van der Waals surface area contributed by atoms with Crippen LogP contribution in [0.5, 0.6) is 0 Å². The number of hydrogen-bond acceptors (Lipinski definition) is 2. The molecule has 2 amide bonds. The fraction of sp³-hybridized carbons (Fsp3) is 0.333. The van der Waals surface area contributed by atoms with Gasteiger partial charge in [0.15, 0.2) is 0 Å². The van der Waals surface area contributed by atoms with Gasteiger partial charge in [0, 0.05) is 16.0 Å². The molecule has 1 aliphatic rings. The molecule has 1 aliphatic carbocycles. The summed E-state index contributed by atoms with van der Waals surface area (Å²) in [4.78, 5) is 23.1. The van der Waals surface area contributed by atoms with E-state index in [0.29, 0.717) is 11.5 Å². The first-order valence-electron chi connectivity index (χ1n) is 5.43. The van der Waals surface area contributed by atoms with Gasteiger partial charge in [0.05, 0.1) is 0 Å². The van der Waals surface area contributed by atoms with Crippen LogP contribution in [-0.2, 0) is 4.79 Å². The number of amides is 2. The molecular weight excluding hydrogens is 284 g/mol. The van der Waals surface area contributed by atoms with Gasteiger partial charge in [-0.2, -0.15) is 0 Å². The van der Waals surface area contributed by atoms with Crippen molar-refractivity contribution in [1.29, 1.82) is 0 Å². The van der Waals surface area contributed by atoms with Crippen molar-refractivity contribution < 1.29 is 9.59 Å². The van der Waals surface area contributed by atoms with E-state index in [9.17, 15) is 9.59 Å². The van der Waals surface area contributed by atoms with Crippen LogP contribution in [0, 0.1) is 11.8 Å². The van der Waals surface area contributed by atoms with Crippen molar-refractivity contribution in [3.63, 3.8) is 0 Å². The highest BCUT2D eigenvalue weighted by Gasteiger charge is 2.39. The molecule has 1 fully saturated rings. The lowest BCUT2D eigenvalue weighted by Gasteiger charge is -2.06. The largest absolute Gasteiger partial charge is 0.273 e. The van der Waals surface area contributed by atoms with Gasteiger partial charge >= 0.3 is 0 Å². The Labute approximate surface area is 108 Å². The fourth-order valence-electron chi connectivity index (χ4n) is 1.57. The van der Waals surface area contributed by atoms with Crippen LogP contribution in [0.1, 0.15) is 23.7 Å². The Morgan fingerprint density at radius 2 is 1.82 bits per heavy atom. The van der Waals surface area contributed by atoms with Crippen molar-refractivity contribution in [2.24, 2.45) is 11.8 Å². The molecule has 2 rings (SSSR count). The smallest absolute Gasteiger partial charge is 0.269 e.